The molecule has 4 atom stereocenters. The molecule has 5 aliphatic rings. The molecular weight excluding hydrogens is 528 g/mol. The van der Waals surface area contributed by atoms with Crippen LogP contribution in [-0.2, 0) is 28.7 Å². The molecule has 11 heteroatoms. The maximum absolute atomic E-state index is 14.3. The second-order valence-electron chi connectivity index (χ2n) is 14.7. The average molecular weight is 575 g/mol. The van der Waals surface area contributed by atoms with Crippen LogP contribution in [0.25, 0.3) is 0 Å². The number of ketones is 1. The van der Waals surface area contributed by atoms with Crippen molar-refractivity contribution < 1.29 is 33.4 Å². The third kappa shape index (κ3) is 4.81. The number of nitrogens with zero attached hydrogens (tertiary/aromatic N) is 1. The highest BCUT2D eigenvalue weighted by Gasteiger charge is 2.85. The van der Waals surface area contributed by atoms with Crippen LogP contribution in [0.4, 0.5) is 4.79 Å². The van der Waals surface area contributed by atoms with Crippen LogP contribution in [0.3, 0.4) is 0 Å². The summed E-state index contributed by atoms with van der Waals surface area (Å²) in [6, 6.07) is -2.80. The Morgan fingerprint density at radius 3 is 2.12 bits per heavy atom. The van der Waals surface area contributed by atoms with E-state index in [0.29, 0.717) is 32.6 Å². The van der Waals surface area contributed by atoms with Crippen LogP contribution in [0, 0.1) is 27.6 Å². The van der Waals surface area contributed by atoms with Crippen molar-refractivity contribution >= 4 is 29.6 Å². The maximum Gasteiger partial charge on any atom is 0.408 e. The minimum Gasteiger partial charge on any atom is -0.441 e. The molecule has 4 N–H and O–H groups in total. The Bertz CT molecular complexity index is 1120. The van der Waals surface area contributed by atoms with Gasteiger partial charge in [-0.3, -0.25) is 19.2 Å². The fourth-order valence-corrected chi connectivity index (χ4v) is 8.20. The van der Waals surface area contributed by atoms with Gasteiger partial charge in [0.05, 0.1) is 19.3 Å². The number of fused-ring (bicyclic) bond motifs is 1. The smallest absolute Gasteiger partial charge is 0.408 e. The molecule has 4 amide bonds. The van der Waals surface area contributed by atoms with E-state index >= 15 is 0 Å². The number of ether oxygens (including phenoxy) is 2. The van der Waals surface area contributed by atoms with Crippen LogP contribution in [0.15, 0.2) is 0 Å². The summed E-state index contributed by atoms with van der Waals surface area (Å²) in [6.07, 6.45) is 5.94. The molecule has 0 aromatic carbocycles. The summed E-state index contributed by atoms with van der Waals surface area (Å²) in [6.45, 7) is 11.1. The predicted molar refractivity (Wildman–Crippen MR) is 148 cm³/mol. The fourth-order valence-electron chi connectivity index (χ4n) is 8.20. The molecule has 0 radical (unpaired) electrons. The molecule has 2 aliphatic heterocycles. The van der Waals surface area contributed by atoms with Crippen LogP contribution >= 0.6 is 0 Å². The summed E-state index contributed by atoms with van der Waals surface area (Å²) in [4.78, 5) is 67.2. The minimum absolute atomic E-state index is 0.0615. The lowest BCUT2D eigenvalue weighted by atomic mass is 9.73. The third-order valence-electron chi connectivity index (χ3n) is 11.3. The zero-order valence-corrected chi connectivity index (χ0v) is 25.0. The van der Waals surface area contributed by atoms with Gasteiger partial charge in [0.25, 0.3) is 5.91 Å². The molecular formula is C30H46N4O7. The lowest BCUT2D eigenvalue weighted by molar-refractivity contribution is -0.144. The summed E-state index contributed by atoms with van der Waals surface area (Å²) in [5.74, 6) is -2.44. The highest BCUT2D eigenvalue weighted by molar-refractivity contribution is 6.37. The molecule has 0 aromatic heterocycles. The highest BCUT2D eigenvalue weighted by Crippen LogP contribution is 2.88. The zero-order chi connectivity index (χ0) is 30.0. The summed E-state index contributed by atoms with van der Waals surface area (Å²) < 4.78 is 10.5. The molecule has 0 aromatic rings. The number of nitrogens with one attached hydrogen (secondary N) is 2. The number of hydrogen-bond acceptors (Lipinski definition) is 7. The quantitative estimate of drug-likeness (QED) is 0.356. The molecule has 5 rings (SSSR count). The third-order valence-corrected chi connectivity index (χ3v) is 11.3. The SMILES string of the molecule is CC(C)(C)[C@H](NC(=O)OC1COC1)C(=O)N1C[C@]2(C[C@H]1C(=O)NC(CC1CCC1)C(=O)C(N)=O)C(C)(C)C21CCC1. The number of amides is 4. The van der Waals surface area contributed by atoms with Crippen molar-refractivity contribution in [3.63, 3.8) is 0 Å². The van der Waals surface area contributed by atoms with E-state index in [1.165, 1.54) is 0 Å². The van der Waals surface area contributed by atoms with E-state index in [1.54, 1.807) is 4.90 Å². The largest absolute Gasteiger partial charge is 0.441 e. The minimum atomic E-state index is -1.07. The first-order chi connectivity index (χ1) is 19.1. The van der Waals surface area contributed by atoms with Gasteiger partial charge in [0.2, 0.25) is 17.6 Å². The van der Waals surface area contributed by atoms with Crippen molar-refractivity contribution in [1.29, 1.82) is 0 Å². The van der Waals surface area contributed by atoms with Crippen molar-refractivity contribution in [2.24, 2.45) is 33.3 Å². The Labute approximate surface area is 242 Å². The molecule has 41 heavy (non-hydrogen) atoms. The number of Topliss-reactive ketones (excluding diaryl/α,β-unsaturated/α-hetero) is 1. The van der Waals surface area contributed by atoms with Crippen LogP contribution in [-0.4, -0.2) is 78.5 Å². The van der Waals surface area contributed by atoms with E-state index in [-0.39, 0.29) is 34.2 Å². The van der Waals surface area contributed by atoms with Crippen molar-refractivity contribution in [3.8, 4) is 0 Å². The van der Waals surface area contributed by atoms with Gasteiger partial charge in [-0.15, -0.1) is 0 Å². The van der Waals surface area contributed by atoms with Crippen molar-refractivity contribution in [2.45, 2.75) is 110 Å². The maximum atomic E-state index is 14.3. The Balaban J connectivity index is 1.40. The molecule has 2 spiro atoms. The van der Waals surface area contributed by atoms with Crippen molar-refractivity contribution in [3.05, 3.63) is 0 Å². The zero-order valence-electron chi connectivity index (χ0n) is 25.0. The van der Waals surface area contributed by atoms with E-state index in [2.05, 4.69) is 24.5 Å². The highest BCUT2D eigenvalue weighted by atomic mass is 16.6. The first kappa shape index (κ1) is 29.8. The van der Waals surface area contributed by atoms with Gasteiger partial charge in [-0.25, -0.2) is 4.79 Å². The van der Waals surface area contributed by atoms with Gasteiger partial charge in [0, 0.05) is 12.0 Å². The van der Waals surface area contributed by atoms with Gasteiger partial charge in [-0.05, 0) is 47.8 Å². The fraction of sp³-hybridized carbons (Fsp3) is 0.833. The molecule has 3 saturated carbocycles. The number of carbonyl (C=O) groups is 5. The van der Waals surface area contributed by atoms with Crippen LogP contribution in [0.1, 0.15) is 86.0 Å². The average Bonchev–Trinajstić information content (AvgIpc) is 3.05. The number of alkyl carbamates (subject to hydrolysis) is 1. The number of primary amides is 1. The lowest BCUT2D eigenvalue weighted by Crippen LogP contribution is -2.59. The van der Waals surface area contributed by atoms with Gasteiger partial charge >= 0.3 is 6.09 Å². The first-order valence-electron chi connectivity index (χ1n) is 15.1. The van der Waals surface area contributed by atoms with E-state index in [0.717, 1.165) is 38.5 Å². The van der Waals surface area contributed by atoms with E-state index in [1.807, 2.05) is 20.8 Å². The second-order valence-corrected chi connectivity index (χ2v) is 14.7. The number of nitrogens with two attached hydrogens (primary N) is 1. The number of carbonyl (C=O) groups excluding carboxylic acids is 5. The topological polar surface area (TPSA) is 157 Å². The molecule has 1 unspecified atom stereocenters. The van der Waals surface area contributed by atoms with Crippen LogP contribution < -0.4 is 16.4 Å². The predicted octanol–water partition coefficient (Wildman–Crippen LogP) is 2.05. The van der Waals surface area contributed by atoms with Crippen LogP contribution in [0.2, 0.25) is 0 Å². The van der Waals surface area contributed by atoms with Gasteiger partial charge < -0.3 is 30.7 Å². The Kier molecular flexibility index (Phi) is 7.44. The summed E-state index contributed by atoms with van der Waals surface area (Å²) in [5, 5.41) is 5.60. The molecule has 5 fully saturated rings. The van der Waals surface area contributed by atoms with E-state index in [9.17, 15) is 24.0 Å². The molecule has 3 aliphatic carbocycles. The molecule has 0 bridgehead atoms. The van der Waals surface area contributed by atoms with Gasteiger partial charge in [0.15, 0.2) is 6.10 Å². The Morgan fingerprint density at radius 2 is 1.68 bits per heavy atom. The number of likely N-dealkylation sites (tertiary alicyclic amines) is 1. The molecule has 2 saturated heterocycles. The first-order valence-corrected chi connectivity index (χ1v) is 15.1. The summed E-state index contributed by atoms with van der Waals surface area (Å²) in [5.41, 5.74) is 4.44. The van der Waals surface area contributed by atoms with Gasteiger partial charge in [0.1, 0.15) is 12.1 Å². The van der Waals surface area contributed by atoms with Crippen LogP contribution in [0.5, 0.6) is 0 Å². The number of rotatable bonds is 9. The second kappa shape index (κ2) is 10.2. The summed E-state index contributed by atoms with van der Waals surface area (Å²) in [7, 11) is 0. The van der Waals surface area contributed by atoms with E-state index < -0.39 is 47.2 Å². The van der Waals surface area contributed by atoms with Gasteiger partial charge in [-0.2, -0.15) is 0 Å². The Morgan fingerprint density at radius 1 is 1.02 bits per heavy atom. The van der Waals surface area contributed by atoms with E-state index in [4.69, 9.17) is 15.2 Å². The molecule has 228 valence electrons. The standard InChI is InChI=1S/C30H46N4O7/c1-27(2,3)22(33-26(39)41-18-14-40-15-18)25(38)34-16-30(28(4,5)29(30)10-7-11-29)13-20(34)24(37)32-19(21(35)23(31)36)12-17-8-6-9-17/h17-20,22H,6-16H2,1-5H3,(H2,31,36)(H,32,37)(H,33,39)/t19?,20-,22+,30+/m0/s1. The van der Waals surface area contributed by atoms with Crippen molar-refractivity contribution in [1.82, 2.24) is 15.5 Å². The van der Waals surface area contributed by atoms with Crippen molar-refractivity contribution in [2.75, 3.05) is 19.8 Å². The van der Waals surface area contributed by atoms with Gasteiger partial charge in [-0.1, -0.05) is 60.3 Å². The number of hydrogen-bond donors (Lipinski definition) is 3. The molecule has 2 heterocycles. The monoisotopic (exact) mass is 574 g/mol. The normalized spacial score (nSPS) is 29.5. The molecule has 11 nitrogen and oxygen atoms in total. The Hall–Kier alpha value is -2.69. The summed E-state index contributed by atoms with van der Waals surface area (Å²) >= 11 is 0. The lowest BCUT2D eigenvalue weighted by Gasteiger charge is -2.36.